The summed E-state index contributed by atoms with van der Waals surface area (Å²) in [5.74, 6) is -0.0334. The van der Waals surface area contributed by atoms with Crippen LogP contribution >= 0.6 is 0 Å². The minimum atomic E-state index is -0.874. The van der Waals surface area contributed by atoms with Crippen molar-refractivity contribution >= 4 is 11.2 Å². The molecule has 4 atom stereocenters. The number of fused-ring (bicyclic) bond motifs is 2. The second-order valence-electron chi connectivity index (χ2n) is 12.5. The largest absolute Gasteiger partial charge is 0.497 e. The first kappa shape index (κ1) is 33.1. The number of aliphatic hydroxyl groups is 1. The molecule has 5 aromatic rings. The maximum absolute atomic E-state index is 9.88. The Labute approximate surface area is 284 Å². The lowest BCUT2D eigenvalue weighted by molar-refractivity contribution is -0.199. The molecular formula is C37H41N5O7. The summed E-state index contributed by atoms with van der Waals surface area (Å²) in [6.45, 7) is 4.87. The molecule has 0 amide bonds. The third-order valence-corrected chi connectivity index (χ3v) is 9.06. The maximum Gasteiger partial charge on any atom is 0.167 e. The Kier molecular flexibility index (Phi) is 9.34. The van der Waals surface area contributed by atoms with Crippen LogP contribution < -0.4 is 10.2 Å². The average Bonchev–Trinajstić information content (AvgIpc) is 3.80. The van der Waals surface area contributed by atoms with Crippen molar-refractivity contribution in [2.75, 3.05) is 33.5 Å². The molecule has 0 unspecified atom stereocenters. The fourth-order valence-electron chi connectivity index (χ4n) is 6.79. The summed E-state index contributed by atoms with van der Waals surface area (Å²) in [4.78, 5) is 9.12. The van der Waals surface area contributed by atoms with Crippen molar-refractivity contribution in [3.05, 3.63) is 120 Å². The van der Waals surface area contributed by atoms with E-state index in [-0.39, 0.29) is 12.1 Å². The van der Waals surface area contributed by atoms with Gasteiger partial charge in [0.2, 0.25) is 0 Å². The predicted molar refractivity (Wildman–Crippen MR) is 179 cm³/mol. The molecule has 2 aliphatic heterocycles. The fourth-order valence-corrected chi connectivity index (χ4v) is 6.79. The Bertz CT molecular complexity index is 1870. The Morgan fingerprint density at radius 2 is 1.49 bits per heavy atom. The molecule has 256 valence electrons. The highest BCUT2D eigenvalue weighted by Gasteiger charge is 2.56. The van der Waals surface area contributed by atoms with Gasteiger partial charge in [0.15, 0.2) is 23.1 Å². The third kappa shape index (κ3) is 6.27. The monoisotopic (exact) mass is 667 g/mol. The van der Waals surface area contributed by atoms with Crippen LogP contribution in [0.3, 0.4) is 0 Å². The highest BCUT2D eigenvalue weighted by Crippen LogP contribution is 2.44. The summed E-state index contributed by atoms with van der Waals surface area (Å²) in [5.41, 5.74) is 3.21. The first-order valence-electron chi connectivity index (χ1n) is 16.4. The number of aromatic nitrogens is 4. The molecule has 0 spiro atoms. The quantitative estimate of drug-likeness (QED) is 0.140. The van der Waals surface area contributed by atoms with Crippen molar-refractivity contribution in [1.29, 1.82) is 5.41 Å². The van der Waals surface area contributed by atoms with Crippen molar-refractivity contribution in [3.63, 3.8) is 0 Å². The van der Waals surface area contributed by atoms with Crippen LogP contribution in [-0.4, -0.2) is 81.8 Å². The van der Waals surface area contributed by atoms with Crippen molar-refractivity contribution in [3.8, 4) is 5.75 Å². The van der Waals surface area contributed by atoms with Crippen molar-refractivity contribution in [2.45, 2.75) is 56.3 Å². The van der Waals surface area contributed by atoms with Crippen LogP contribution in [0.25, 0.3) is 11.2 Å². The van der Waals surface area contributed by atoms with Crippen LogP contribution in [0, 0.1) is 5.41 Å². The van der Waals surface area contributed by atoms with E-state index in [1.807, 2.05) is 74.5 Å². The van der Waals surface area contributed by atoms with Gasteiger partial charge in [0, 0.05) is 6.54 Å². The zero-order chi connectivity index (χ0) is 34.0. The van der Waals surface area contributed by atoms with Gasteiger partial charge in [0.25, 0.3) is 0 Å². The van der Waals surface area contributed by atoms with Gasteiger partial charge in [-0.25, -0.2) is 9.97 Å². The van der Waals surface area contributed by atoms with Gasteiger partial charge >= 0.3 is 0 Å². The first-order valence-corrected chi connectivity index (χ1v) is 16.4. The molecule has 12 nitrogen and oxygen atoms in total. The molecule has 2 saturated heterocycles. The SMILES string of the molecule is COc1ccc(C(OCCOCCn2cnc3c(ncn3[C@@H]3O[C@H](CO)[C@H]4OC(C)(C)O[C@H]43)c2=N)(c2ccccc2)c2ccccc2)cc1. The third-order valence-electron chi connectivity index (χ3n) is 9.06. The summed E-state index contributed by atoms with van der Waals surface area (Å²) < 4.78 is 40.0. The van der Waals surface area contributed by atoms with E-state index in [0.717, 1.165) is 22.4 Å². The molecule has 2 aliphatic rings. The molecule has 0 bridgehead atoms. The highest BCUT2D eigenvalue weighted by atomic mass is 16.8. The lowest BCUT2D eigenvalue weighted by Gasteiger charge is -2.36. The minimum absolute atomic E-state index is 0.201. The molecule has 2 fully saturated rings. The molecule has 0 aliphatic carbocycles. The Morgan fingerprint density at radius 3 is 2.14 bits per heavy atom. The van der Waals surface area contributed by atoms with E-state index in [4.69, 9.17) is 33.8 Å². The number of ether oxygens (including phenoxy) is 6. The number of nitrogens with one attached hydrogen (secondary N) is 1. The number of imidazole rings is 1. The Hall–Kier alpha value is -4.43. The molecule has 0 saturated carbocycles. The van der Waals surface area contributed by atoms with E-state index < -0.39 is 35.9 Å². The number of hydrogen-bond donors (Lipinski definition) is 2. The fraction of sp³-hybridized carbons (Fsp3) is 0.378. The van der Waals surface area contributed by atoms with Crippen LogP contribution in [-0.2, 0) is 35.8 Å². The van der Waals surface area contributed by atoms with E-state index in [9.17, 15) is 5.11 Å². The number of benzene rings is 3. The van der Waals surface area contributed by atoms with E-state index in [2.05, 4.69) is 34.2 Å². The van der Waals surface area contributed by atoms with Crippen LogP contribution in [0.2, 0.25) is 0 Å². The van der Waals surface area contributed by atoms with Gasteiger partial charge in [-0.3, -0.25) is 9.98 Å². The molecule has 7 rings (SSSR count). The van der Waals surface area contributed by atoms with E-state index in [1.165, 1.54) is 0 Å². The first-order chi connectivity index (χ1) is 23.8. The van der Waals surface area contributed by atoms with Crippen molar-refractivity contribution in [2.24, 2.45) is 0 Å². The molecule has 49 heavy (non-hydrogen) atoms. The summed E-state index contributed by atoms with van der Waals surface area (Å²) >= 11 is 0. The zero-order valence-electron chi connectivity index (χ0n) is 27.8. The van der Waals surface area contributed by atoms with Crippen LogP contribution in [0.15, 0.2) is 97.6 Å². The van der Waals surface area contributed by atoms with E-state index >= 15 is 0 Å². The maximum atomic E-state index is 9.88. The second kappa shape index (κ2) is 13.8. The lowest BCUT2D eigenvalue weighted by atomic mass is 9.80. The number of hydrogen-bond acceptors (Lipinski definition) is 10. The summed E-state index contributed by atoms with van der Waals surface area (Å²) in [7, 11) is 1.65. The van der Waals surface area contributed by atoms with Gasteiger partial charge in [0.1, 0.15) is 35.2 Å². The smallest absolute Gasteiger partial charge is 0.167 e. The molecule has 0 radical (unpaired) electrons. The van der Waals surface area contributed by atoms with E-state index in [0.29, 0.717) is 37.5 Å². The van der Waals surface area contributed by atoms with Crippen LogP contribution in [0.5, 0.6) is 5.75 Å². The predicted octanol–water partition coefficient (Wildman–Crippen LogP) is 4.16. The average molecular weight is 668 g/mol. The highest BCUT2D eigenvalue weighted by molar-refractivity contribution is 5.68. The molecule has 3 aromatic carbocycles. The van der Waals surface area contributed by atoms with Crippen LogP contribution in [0.4, 0.5) is 0 Å². The zero-order valence-corrected chi connectivity index (χ0v) is 27.8. The standard InChI is InChI=1S/C37H41N5O7/c1-36(2)48-31-29(22-43)47-35(32(31)49-36)42-24-39-30-33(38)41(23-40-34(30)42)18-19-45-20-21-46-37(25-10-6-4-7-11-25,26-12-8-5-9-13-26)27-14-16-28(44-3)17-15-27/h4-17,23-24,29,31-32,35,38,43H,18-22H2,1-3H3/t29-,31-,32-,35-/m1/s1. The van der Waals surface area contributed by atoms with Crippen molar-refractivity contribution < 1.29 is 33.5 Å². The van der Waals surface area contributed by atoms with Gasteiger partial charge in [0.05, 0.1) is 46.2 Å². The van der Waals surface area contributed by atoms with Crippen molar-refractivity contribution in [1.82, 2.24) is 19.1 Å². The summed E-state index contributed by atoms with van der Waals surface area (Å²) in [6.07, 6.45) is 1.19. The van der Waals surface area contributed by atoms with Gasteiger partial charge in [-0.05, 0) is 42.7 Å². The lowest BCUT2D eigenvalue weighted by Crippen LogP contribution is -2.34. The van der Waals surface area contributed by atoms with Gasteiger partial charge in [-0.2, -0.15) is 0 Å². The van der Waals surface area contributed by atoms with Gasteiger partial charge in [-0.1, -0.05) is 72.8 Å². The minimum Gasteiger partial charge on any atom is -0.497 e. The second-order valence-corrected chi connectivity index (χ2v) is 12.5. The Morgan fingerprint density at radius 1 is 0.837 bits per heavy atom. The van der Waals surface area contributed by atoms with Gasteiger partial charge in [-0.15, -0.1) is 0 Å². The van der Waals surface area contributed by atoms with Crippen LogP contribution in [0.1, 0.15) is 36.8 Å². The molecular weight excluding hydrogens is 626 g/mol. The number of rotatable bonds is 13. The van der Waals surface area contributed by atoms with E-state index in [1.54, 1.807) is 28.9 Å². The summed E-state index contributed by atoms with van der Waals surface area (Å²) in [6, 6.07) is 28.3. The normalized spacial score (nSPS) is 21.6. The molecule has 12 heteroatoms. The molecule has 2 N–H and O–H groups in total. The molecule has 4 heterocycles. The number of nitrogens with zero attached hydrogens (tertiary/aromatic N) is 4. The molecule has 2 aromatic heterocycles. The Balaban J connectivity index is 1.04. The number of aliphatic hydroxyl groups excluding tert-OH is 1. The van der Waals surface area contributed by atoms with Gasteiger partial charge < -0.3 is 38.1 Å². The topological polar surface area (TPSA) is 135 Å². The number of methoxy groups -OCH3 is 1. The summed E-state index contributed by atoms with van der Waals surface area (Å²) in [5, 5.41) is 18.7.